The third-order valence-electron chi connectivity index (χ3n) is 5.95. The average Bonchev–Trinajstić information content (AvgIpc) is 3.37. The molecule has 0 saturated heterocycles. The second kappa shape index (κ2) is 12.0. The third kappa shape index (κ3) is 5.96. The zero-order valence-corrected chi connectivity index (χ0v) is 20.9. The number of carbonyl (C=O) groups excluding carboxylic acids is 1. The Labute approximate surface area is 209 Å². The summed E-state index contributed by atoms with van der Waals surface area (Å²) >= 11 is 2.93. The number of thiophene rings is 1. The van der Waals surface area contributed by atoms with Crippen LogP contribution >= 0.6 is 23.1 Å². The van der Waals surface area contributed by atoms with E-state index in [1.807, 2.05) is 28.8 Å². The minimum Gasteiger partial charge on any atom is -0.316 e. The van der Waals surface area contributed by atoms with Gasteiger partial charge in [-0.1, -0.05) is 61.0 Å². The summed E-state index contributed by atoms with van der Waals surface area (Å²) in [5.74, 6) is 0.965. The Hall–Kier alpha value is -2.89. The van der Waals surface area contributed by atoms with E-state index < -0.39 is 0 Å². The van der Waals surface area contributed by atoms with Gasteiger partial charge in [-0.15, -0.1) is 28.1 Å². The number of hydrogen-bond acceptors (Lipinski definition) is 6. The molecule has 0 spiro atoms. The maximum atomic E-state index is 12.8. The van der Waals surface area contributed by atoms with Gasteiger partial charge in [-0.3, -0.25) is 4.79 Å². The molecule has 4 rings (SSSR count). The smallest absolute Gasteiger partial charge is 0.235 e. The molecule has 0 saturated carbocycles. The number of rotatable bonds is 9. The molecule has 176 valence electrons. The number of benzene rings is 1. The molecule has 3 aromatic rings. The molecule has 0 radical (unpaired) electrons. The molecule has 2 aromatic heterocycles. The summed E-state index contributed by atoms with van der Waals surface area (Å²) in [4.78, 5) is 14.0. The second-order valence-corrected chi connectivity index (χ2v) is 10.4. The highest BCUT2D eigenvalue weighted by Crippen LogP contribution is 2.36. The summed E-state index contributed by atoms with van der Waals surface area (Å²) in [5.41, 5.74) is 3.05. The van der Waals surface area contributed by atoms with Gasteiger partial charge in [0.15, 0.2) is 5.16 Å². The number of amides is 1. The zero-order chi connectivity index (χ0) is 23.8. The standard InChI is InChI=1S/C26H29N5OS2/c1-2-16-31-23(15-14-19-10-6-5-7-11-19)29-30-26(31)33-18-24(32)28-25-21(17-27)20-12-8-3-4-9-13-22(20)34-25/h2,5-7,10-11H,1,3-4,8-9,12-16,18H2,(H,28,32). The quantitative estimate of drug-likeness (QED) is 0.312. The Kier molecular flexibility index (Phi) is 8.56. The van der Waals surface area contributed by atoms with E-state index in [0.29, 0.717) is 22.3 Å². The van der Waals surface area contributed by atoms with Crippen LogP contribution in [0.5, 0.6) is 0 Å². The second-order valence-electron chi connectivity index (χ2n) is 8.35. The first-order chi connectivity index (χ1) is 16.7. The van der Waals surface area contributed by atoms with Crippen molar-refractivity contribution in [3.05, 3.63) is 70.4 Å². The minimum absolute atomic E-state index is 0.130. The lowest BCUT2D eigenvalue weighted by molar-refractivity contribution is -0.113. The number of allylic oxidation sites excluding steroid dienone is 1. The van der Waals surface area contributed by atoms with Crippen molar-refractivity contribution in [2.75, 3.05) is 11.1 Å². The molecular formula is C26H29N5OS2. The molecule has 0 bridgehead atoms. The highest BCUT2D eigenvalue weighted by molar-refractivity contribution is 7.99. The number of nitrogens with one attached hydrogen (secondary N) is 1. The fraction of sp³-hybridized carbons (Fsp3) is 0.385. The Morgan fingerprint density at radius 2 is 1.97 bits per heavy atom. The first-order valence-electron chi connectivity index (χ1n) is 11.7. The van der Waals surface area contributed by atoms with Gasteiger partial charge >= 0.3 is 0 Å². The van der Waals surface area contributed by atoms with Crippen LogP contribution in [-0.4, -0.2) is 26.4 Å². The number of nitrogens with zero attached hydrogens (tertiary/aromatic N) is 4. The van der Waals surface area contributed by atoms with E-state index in [-0.39, 0.29) is 11.7 Å². The molecule has 0 aliphatic heterocycles. The van der Waals surface area contributed by atoms with Crippen LogP contribution in [0.15, 0.2) is 48.1 Å². The van der Waals surface area contributed by atoms with Crippen molar-refractivity contribution >= 4 is 34.0 Å². The third-order valence-corrected chi connectivity index (χ3v) is 8.13. The van der Waals surface area contributed by atoms with Gasteiger partial charge in [0.25, 0.3) is 0 Å². The van der Waals surface area contributed by atoms with Gasteiger partial charge in [0.05, 0.1) is 11.3 Å². The van der Waals surface area contributed by atoms with E-state index in [4.69, 9.17) is 0 Å². The first-order valence-corrected chi connectivity index (χ1v) is 13.5. The van der Waals surface area contributed by atoms with E-state index in [1.54, 1.807) is 11.3 Å². The van der Waals surface area contributed by atoms with Crippen LogP contribution in [0.25, 0.3) is 0 Å². The Balaban J connectivity index is 1.40. The minimum atomic E-state index is -0.130. The van der Waals surface area contributed by atoms with Gasteiger partial charge < -0.3 is 9.88 Å². The van der Waals surface area contributed by atoms with Crippen LogP contribution in [0.2, 0.25) is 0 Å². The molecule has 34 heavy (non-hydrogen) atoms. The number of fused-ring (bicyclic) bond motifs is 1. The van der Waals surface area contributed by atoms with E-state index in [1.165, 1.54) is 35.0 Å². The first kappa shape index (κ1) is 24.2. The summed E-state index contributed by atoms with van der Waals surface area (Å²) in [6.07, 6.45) is 10.1. The molecule has 1 N–H and O–H groups in total. The molecule has 2 heterocycles. The summed E-state index contributed by atoms with van der Waals surface area (Å²) in [5, 5.41) is 22.8. The molecular weight excluding hydrogens is 462 g/mol. The van der Waals surface area contributed by atoms with Gasteiger partial charge in [-0.05, 0) is 43.2 Å². The average molecular weight is 492 g/mol. The number of aryl methyl sites for hydroxylation is 3. The summed E-state index contributed by atoms with van der Waals surface area (Å²) < 4.78 is 2.02. The van der Waals surface area contributed by atoms with Crippen LogP contribution in [0.3, 0.4) is 0 Å². The van der Waals surface area contributed by atoms with Crippen molar-refractivity contribution in [1.82, 2.24) is 14.8 Å². The number of hydrogen-bond donors (Lipinski definition) is 1. The predicted molar refractivity (Wildman–Crippen MR) is 138 cm³/mol. The SMILES string of the molecule is C=CCn1c(CCc2ccccc2)nnc1SCC(=O)Nc1sc2c(c1C#N)CCCCCC2. The van der Waals surface area contributed by atoms with Crippen LogP contribution in [-0.2, 0) is 37.0 Å². The zero-order valence-electron chi connectivity index (χ0n) is 19.3. The number of anilines is 1. The Morgan fingerprint density at radius 3 is 2.74 bits per heavy atom. The van der Waals surface area contributed by atoms with Crippen molar-refractivity contribution in [2.24, 2.45) is 0 Å². The number of thioether (sulfide) groups is 1. The van der Waals surface area contributed by atoms with Crippen molar-refractivity contribution in [3.8, 4) is 6.07 Å². The Morgan fingerprint density at radius 1 is 1.18 bits per heavy atom. The van der Waals surface area contributed by atoms with Crippen molar-refractivity contribution in [3.63, 3.8) is 0 Å². The molecule has 1 aliphatic rings. The molecule has 8 heteroatoms. The maximum absolute atomic E-state index is 12.8. The van der Waals surface area contributed by atoms with Crippen LogP contribution in [0.4, 0.5) is 5.00 Å². The van der Waals surface area contributed by atoms with Crippen LogP contribution < -0.4 is 5.32 Å². The predicted octanol–water partition coefficient (Wildman–Crippen LogP) is 5.57. The van der Waals surface area contributed by atoms with Crippen molar-refractivity contribution in [1.29, 1.82) is 5.26 Å². The maximum Gasteiger partial charge on any atom is 0.235 e. The Bertz CT molecular complexity index is 1180. The monoisotopic (exact) mass is 491 g/mol. The fourth-order valence-electron chi connectivity index (χ4n) is 4.24. The lowest BCUT2D eigenvalue weighted by Gasteiger charge is -2.09. The van der Waals surface area contributed by atoms with Crippen molar-refractivity contribution < 1.29 is 4.79 Å². The fourth-order valence-corrected chi connectivity index (χ4v) is 6.27. The van der Waals surface area contributed by atoms with E-state index >= 15 is 0 Å². The topological polar surface area (TPSA) is 83.6 Å². The largest absolute Gasteiger partial charge is 0.316 e. The van der Waals surface area contributed by atoms with E-state index in [2.05, 4.69) is 40.3 Å². The molecule has 1 aliphatic carbocycles. The molecule has 0 fully saturated rings. The van der Waals surface area contributed by atoms with Crippen LogP contribution in [0.1, 0.15) is 53.1 Å². The lowest BCUT2D eigenvalue weighted by atomic mass is 9.97. The van der Waals surface area contributed by atoms with Gasteiger partial charge in [0.1, 0.15) is 16.9 Å². The van der Waals surface area contributed by atoms with Gasteiger partial charge in [0, 0.05) is 17.8 Å². The summed E-state index contributed by atoms with van der Waals surface area (Å²) in [7, 11) is 0. The highest BCUT2D eigenvalue weighted by atomic mass is 32.2. The molecule has 1 aromatic carbocycles. The highest BCUT2D eigenvalue weighted by Gasteiger charge is 2.21. The summed E-state index contributed by atoms with van der Waals surface area (Å²) in [6.45, 7) is 4.45. The van der Waals surface area contributed by atoms with Crippen LogP contribution in [0, 0.1) is 11.3 Å². The molecule has 6 nitrogen and oxygen atoms in total. The normalized spacial score (nSPS) is 13.4. The van der Waals surface area contributed by atoms with E-state index in [9.17, 15) is 10.1 Å². The number of aromatic nitrogens is 3. The van der Waals surface area contributed by atoms with Crippen molar-refractivity contribution in [2.45, 2.75) is 63.1 Å². The van der Waals surface area contributed by atoms with Gasteiger partial charge in [0.2, 0.25) is 5.91 Å². The molecule has 0 atom stereocenters. The number of carbonyl (C=O) groups is 1. The van der Waals surface area contributed by atoms with E-state index in [0.717, 1.165) is 49.9 Å². The molecule has 0 unspecified atom stereocenters. The number of nitriles is 1. The lowest BCUT2D eigenvalue weighted by Crippen LogP contribution is -2.15. The molecule has 1 amide bonds. The summed E-state index contributed by atoms with van der Waals surface area (Å²) in [6, 6.07) is 12.6. The van der Waals surface area contributed by atoms with Gasteiger partial charge in [-0.2, -0.15) is 5.26 Å². The van der Waals surface area contributed by atoms with Gasteiger partial charge in [-0.25, -0.2) is 0 Å².